The summed E-state index contributed by atoms with van der Waals surface area (Å²) in [6, 6.07) is 0. The van der Waals surface area contributed by atoms with Gasteiger partial charge in [0, 0.05) is 22.2 Å². The van der Waals surface area contributed by atoms with E-state index in [4.69, 9.17) is 11.6 Å². The molecule has 0 spiro atoms. The quantitative estimate of drug-likeness (QED) is 0.466. The number of allylic oxidation sites excluding steroid dienone is 2. The Balaban J connectivity index is 4.66. The van der Waals surface area contributed by atoms with Gasteiger partial charge < -0.3 is 11.2 Å². The zero-order valence-corrected chi connectivity index (χ0v) is 9.78. The van der Waals surface area contributed by atoms with Gasteiger partial charge in [-0.1, -0.05) is 40.9 Å². The smallest absolute Gasteiger partial charge is 0.0244 e. The highest BCUT2D eigenvalue weighted by atomic mass is 15.2. The summed E-state index contributed by atoms with van der Waals surface area (Å²) in [5.74, 6) is 5.35. The predicted molar refractivity (Wildman–Crippen MR) is 62.0 cm³/mol. The predicted octanol–water partition coefficient (Wildman–Crippen LogP) is 1.88. The second-order valence-corrected chi connectivity index (χ2v) is 5.09. The molecule has 0 bridgehead atoms. The van der Waals surface area contributed by atoms with Crippen molar-refractivity contribution >= 4 is 0 Å². The molecule has 0 saturated carbocycles. The van der Waals surface area contributed by atoms with Gasteiger partial charge in [0.2, 0.25) is 0 Å². The van der Waals surface area contributed by atoms with E-state index in [1.807, 2.05) is 0 Å². The maximum absolute atomic E-state index is 5.74. The molecule has 0 aliphatic rings. The Labute approximate surface area is 87.2 Å². The van der Waals surface area contributed by atoms with Crippen molar-refractivity contribution in [2.75, 3.05) is 0 Å². The fourth-order valence-corrected chi connectivity index (χ4v) is 1.52. The van der Waals surface area contributed by atoms with E-state index in [1.165, 1.54) is 0 Å². The van der Waals surface area contributed by atoms with Crippen molar-refractivity contribution in [3.63, 3.8) is 0 Å². The summed E-state index contributed by atoms with van der Waals surface area (Å²) >= 11 is 0. The molecule has 0 aromatic rings. The monoisotopic (exact) mass is 197 g/mol. The molecule has 0 heterocycles. The number of hydrogen-bond donors (Lipinski definition) is 3. The van der Waals surface area contributed by atoms with E-state index in [2.05, 4.69) is 46.3 Å². The van der Waals surface area contributed by atoms with Crippen LogP contribution in [0.2, 0.25) is 0 Å². The molecule has 3 heteroatoms. The summed E-state index contributed by atoms with van der Waals surface area (Å²) in [7, 11) is 0. The Morgan fingerprint density at radius 3 is 1.86 bits per heavy atom. The summed E-state index contributed by atoms with van der Waals surface area (Å²) in [4.78, 5) is 0. The molecular formula is C11H23N3. The van der Waals surface area contributed by atoms with Gasteiger partial charge >= 0.3 is 0 Å². The van der Waals surface area contributed by atoms with Crippen molar-refractivity contribution in [1.82, 2.24) is 5.43 Å². The Morgan fingerprint density at radius 1 is 1.14 bits per heavy atom. The van der Waals surface area contributed by atoms with Crippen LogP contribution in [0.3, 0.4) is 0 Å². The Kier molecular flexibility index (Phi) is 3.77. The molecule has 0 amide bonds. The lowest BCUT2D eigenvalue weighted by Crippen LogP contribution is -2.35. The maximum atomic E-state index is 5.74. The zero-order chi connectivity index (χ0) is 11.6. The van der Waals surface area contributed by atoms with Gasteiger partial charge in [-0.05, 0) is 6.42 Å². The summed E-state index contributed by atoms with van der Waals surface area (Å²) < 4.78 is 0. The van der Waals surface area contributed by atoms with Gasteiger partial charge in [-0.2, -0.15) is 0 Å². The lowest BCUT2D eigenvalue weighted by molar-refractivity contribution is 0.256. The molecule has 0 rings (SSSR count). The van der Waals surface area contributed by atoms with E-state index in [0.29, 0.717) is 5.70 Å². The highest BCUT2D eigenvalue weighted by Crippen LogP contribution is 2.39. The molecule has 0 aromatic heterocycles. The minimum Gasteiger partial charge on any atom is -0.402 e. The van der Waals surface area contributed by atoms with Gasteiger partial charge in [0.05, 0.1) is 0 Å². The maximum Gasteiger partial charge on any atom is 0.0244 e. The number of hydrazine groups is 1. The van der Waals surface area contributed by atoms with E-state index >= 15 is 0 Å². The average Bonchev–Trinajstić information content (AvgIpc) is 2.00. The van der Waals surface area contributed by atoms with Crippen LogP contribution in [0.4, 0.5) is 0 Å². The van der Waals surface area contributed by atoms with Crippen LogP contribution in [0.25, 0.3) is 0 Å². The van der Waals surface area contributed by atoms with Crippen LogP contribution in [0.15, 0.2) is 24.6 Å². The number of rotatable bonds is 5. The van der Waals surface area contributed by atoms with Gasteiger partial charge in [-0.15, -0.1) is 0 Å². The fourth-order valence-electron chi connectivity index (χ4n) is 1.52. The average molecular weight is 197 g/mol. The van der Waals surface area contributed by atoms with Crippen LogP contribution in [0, 0.1) is 10.8 Å². The summed E-state index contributed by atoms with van der Waals surface area (Å²) in [6.07, 6.45) is 0.859. The van der Waals surface area contributed by atoms with Gasteiger partial charge in [-0.25, -0.2) is 0 Å². The first-order chi connectivity index (χ1) is 6.13. The number of nitrogens with one attached hydrogen (secondary N) is 1. The first-order valence-corrected chi connectivity index (χ1v) is 4.74. The molecule has 0 radical (unpaired) electrons. The molecule has 0 aliphatic heterocycles. The van der Waals surface area contributed by atoms with Gasteiger partial charge in [0.15, 0.2) is 0 Å². The van der Waals surface area contributed by atoms with Crippen LogP contribution in [-0.2, 0) is 0 Å². The van der Waals surface area contributed by atoms with E-state index in [-0.39, 0.29) is 10.8 Å². The lowest BCUT2D eigenvalue weighted by atomic mass is 9.72. The third kappa shape index (κ3) is 3.07. The van der Waals surface area contributed by atoms with Crippen LogP contribution in [0.1, 0.15) is 34.1 Å². The summed E-state index contributed by atoms with van der Waals surface area (Å²) in [6.45, 7) is 16.0. The molecule has 0 unspecified atom stereocenters. The van der Waals surface area contributed by atoms with Crippen LogP contribution < -0.4 is 17.0 Å². The molecule has 82 valence electrons. The normalized spacial score (nSPS) is 12.4. The van der Waals surface area contributed by atoms with Crippen molar-refractivity contribution in [2.45, 2.75) is 34.1 Å². The molecule has 0 atom stereocenters. The second-order valence-electron chi connectivity index (χ2n) is 5.09. The molecule has 3 nitrogen and oxygen atoms in total. The Morgan fingerprint density at radius 2 is 1.57 bits per heavy atom. The SMILES string of the molecule is C=C(N)C(C)(C)CC(C)(C)C(=C)NN. The van der Waals surface area contributed by atoms with Gasteiger partial charge in [0.1, 0.15) is 0 Å². The largest absolute Gasteiger partial charge is 0.402 e. The minimum absolute atomic E-state index is 0.0967. The third-order valence-electron chi connectivity index (χ3n) is 2.74. The van der Waals surface area contributed by atoms with Crippen LogP contribution in [-0.4, -0.2) is 0 Å². The molecule has 0 fully saturated rings. The first-order valence-electron chi connectivity index (χ1n) is 4.74. The van der Waals surface area contributed by atoms with E-state index in [1.54, 1.807) is 0 Å². The van der Waals surface area contributed by atoms with Crippen molar-refractivity contribution < 1.29 is 0 Å². The third-order valence-corrected chi connectivity index (χ3v) is 2.74. The Bertz CT molecular complexity index is 239. The molecule has 14 heavy (non-hydrogen) atoms. The van der Waals surface area contributed by atoms with E-state index < -0.39 is 0 Å². The molecular weight excluding hydrogens is 174 g/mol. The van der Waals surface area contributed by atoms with E-state index in [9.17, 15) is 0 Å². The van der Waals surface area contributed by atoms with Crippen molar-refractivity contribution in [3.05, 3.63) is 24.6 Å². The topological polar surface area (TPSA) is 64.1 Å². The lowest BCUT2D eigenvalue weighted by Gasteiger charge is -2.36. The standard InChI is InChI=1S/C11H23N3/c1-8(12)10(3,4)7-11(5,6)9(2)14-13/h14H,1-2,7,12-13H2,3-6H3. The second kappa shape index (κ2) is 4.05. The van der Waals surface area contributed by atoms with E-state index in [0.717, 1.165) is 12.1 Å². The van der Waals surface area contributed by atoms with Crippen molar-refractivity contribution in [2.24, 2.45) is 22.4 Å². The summed E-state index contributed by atoms with van der Waals surface area (Å²) in [5, 5.41) is 0. The zero-order valence-electron chi connectivity index (χ0n) is 9.78. The molecule has 0 saturated heterocycles. The van der Waals surface area contributed by atoms with Crippen molar-refractivity contribution in [3.8, 4) is 0 Å². The highest BCUT2D eigenvalue weighted by Gasteiger charge is 2.31. The minimum atomic E-state index is -0.108. The molecule has 0 aromatic carbocycles. The fraction of sp³-hybridized carbons (Fsp3) is 0.636. The van der Waals surface area contributed by atoms with Gasteiger partial charge in [0.25, 0.3) is 0 Å². The number of hydrogen-bond acceptors (Lipinski definition) is 3. The molecule has 0 aliphatic carbocycles. The highest BCUT2D eigenvalue weighted by molar-refractivity contribution is 5.10. The Hall–Kier alpha value is -0.960. The van der Waals surface area contributed by atoms with Crippen LogP contribution >= 0.6 is 0 Å². The van der Waals surface area contributed by atoms with Crippen molar-refractivity contribution in [1.29, 1.82) is 0 Å². The summed E-state index contributed by atoms with van der Waals surface area (Å²) in [5.41, 5.74) is 9.64. The number of nitrogens with two attached hydrogens (primary N) is 2. The van der Waals surface area contributed by atoms with Crippen LogP contribution in [0.5, 0.6) is 0 Å². The molecule has 5 N–H and O–H groups in total. The van der Waals surface area contributed by atoms with Gasteiger partial charge in [-0.3, -0.25) is 5.84 Å². The first kappa shape index (κ1) is 13.0.